The van der Waals surface area contributed by atoms with Crippen LogP contribution < -0.4 is 16.0 Å². The summed E-state index contributed by atoms with van der Waals surface area (Å²) in [6.45, 7) is -0.904. The van der Waals surface area contributed by atoms with Gasteiger partial charge in [0.05, 0.1) is 11.3 Å². The molecule has 0 aliphatic carbocycles. The SMILES string of the molecule is NC(=O)CCN(C(=O)COC(=O)c1ccccc1N/C=C/C(=O)C(F)(F)F)c1ccc(F)cc1. The van der Waals surface area contributed by atoms with Crippen LogP contribution >= 0.6 is 0 Å². The van der Waals surface area contributed by atoms with Crippen molar-refractivity contribution in [1.82, 2.24) is 0 Å². The fraction of sp³-hybridized carbons (Fsp3) is 0.182. The maximum absolute atomic E-state index is 13.2. The van der Waals surface area contributed by atoms with Crippen molar-refractivity contribution in [2.75, 3.05) is 23.4 Å². The second-order valence-corrected chi connectivity index (χ2v) is 6.70. The first-order chi connectivity index (χ1) is 16.0. The van der Waals surface area contributed by atoms with Crippen molar-refractivity contribution in [1.29, 1.82) is 0 Å². The third kappa shape index (κ3) is 7.73. The third-order valence-corrected chi connectivity index (χ3v) is 4.25. The van der Waals surface area contributed by atoms with E-state index >= 15 is 0 Å². The Hall–Kier alpha value is -4.22. The van der Waals surface area contributed by atoms with E-state index in [0.29, 0.717) is 6.20 Å². The average molecular weight is 481 g/mol. The highest BCUT2D eigenvalue weighted by Gasteiger charge is 2.36. The van der Waals surface area contributed by atoms with Crippen LogP contribution in [0.25, 0.3) is 0 Å². The number of allylic oxidation sites excluding steroid dienone is 1. The molecule has 0 fully saturated rings. The zero-order valence-electron chi connectivity index (χ0n) is 17.5. The van der Waals surface area contributed by atoms with Crippen LogP contribution in [0.5, 0.6) is 0 Å². The smallest absolute Gasteiger partial charge is 0.452 e. The van der Waals surface area contributed by atoms with Gasteiger partial charge in [-0.25, -0.2) is 9.18 Å². The van der Waals surface area contributed by atoms with Gasteiger partial charge in [0.25, 0.3) is 11.7 Å². The van der Waals surface area contributed by atoms with E-state index in [-0.39, 0.29) is 36.0 Å². The Morgan fingerprint density at radius 3 is 2.29 bits per heavy atom. The number of carbonyl (C=O) groups is 4. The van der Waals surface area contributed by atoms with E-state index in [4.69, 9.17) is 10.5 Å². The summed E-state index contributed by atoms with van der Waals surface area (Å²) in [6.07, 6.45) is -4.27. The second-order valence-electron chi connectivity index (χ2n) is 6.70. The molecule has 180 valence electrons. The fourth-order valence-corrected chi connectivity index (χ4v) is 2.61. The van der Waals surface area contributed by atoms with Crippen molar-refractivity contribution >= 4 is 34.9 Å². The van der Waals surface area contributed by atoms with Gasteiger partial charge in [0, 0.05) is 30.9 Å². The Kier molecular flexibility index (Phi) is 8.87. The zero-order valence-corrected chi connectivity index (χ0v) is 17.5. The Labute approximate surface area is 191 Å². The Bertz CT molecular complexity index is 1080. The zero-order chi connectivity index (χ0) is 25.3. The first-order valence-corrected chi connectivity index (χ1v) is 9.63. The summed E-state index contributed by atoms with van der Waals surface area (Å²) in [7, 11) is 0. The van der Waals surface area contributed by atoms with E-state index in [1.807, 2.05) is 0 Å². The number of primary amides is 1. The maximum Gasteiger partial charge on any atom is 0.454 e. The molecule has 0 aliphatic heterocycles. The largest absolute Gasteiger partial charge is 0.454 e. The van der Waals surface area contributed by atoms with E-state index in [2.05, 4.69) is 5.32 Å². The first-order valence-electron chi connectivity index (χ1n) is 9.63. The van der Waals surface area contributed by atoms with Crippen molar-refractivity contribution in [3.8, 4) is 0 Å². The number of benzene rings is 2. The number of esters is 1. The molecule has 34 heavy (non-hydrogen) atoms. The molecule has 0 saturated carbocycles. The van der Waals surface area contributed by atoms with Gasteiger partial charge in [-0.1, -0.05) is 12.1 Å². The van der Waals surface area contributed by atoms with Crippen molar-refractivity contribution < 1.29 is 41.5 Å². The minimum absolute atomic E-state index is 0.0234. The van der Waals surface area contributed by atoms with Crippen LogP contribution in [0.3, 0.4) is 0 Å². The minimum atomic E-state index is -5.04. The van der Waals surface area contributed by atoms with E-state index in [9.17, 15) is 36.7 Å². The number of amides is 2. The number of nitrogens with zero attached hydrogens (tertiary/aromatic N) is 1. The summed E-state index contributed by atoms with van der Waals surface area (Å²) in [5.74, 6) is -5.05. The number of para-hydroxylation sites is 1. The predicted molar refractivity (Wildman–Crippen MR) is 113 cm³/mol. The highest BCUT2D eigenvalue weighted by Crippen LogP contribution is 2.19. The van der Waals surface area contributed by atoms with Gasteiger partial charge < -0.3 is 20.7 Å². The molecule has 2 amide bonds. The van der Waals surface area contributed by atoms with Crippen LogP contribution in [0.1, 0.15) is 16.8 Å². The van der Waals surface area contributed by atoms with Crippen LogP contribution in [-0.2, 0) is 19.1 Å². The Balaban J connectivity index is 2.09. The monoisotopic (exact) mass is 481 g/mol. The van der Waals surface area contributed by atoms with Crippen LogP contribution in [-0.4, -0.2) is 42.9 Å². The molecule has 2 rings (SSSR count). The quantitative estimate of drug-likeness (QED) is 0.306. The topological polar surface area (TPSA) is 119 Å². The number of anilines is 2. The summed E-state index contributed by atoms with van der Waals surface area (Å²) < 4.78 is 55.1. The molecule has 12 heteroatoms. The van der Waals surface area contributed by atoms with Gasteiger partial charge in [0.1, 0.15) is 5.82 Å². The van der Waals surface area contributed by atoms with Gasteiger partial charge in [-0.05, 0) is 36.4 Å². The fourth-order valence-electron chi connectivity index (χ4n) is 2.61. The number of carbonyl (C=O) groups excluding carboxylic acids is 4. The molecule has 2 aromatic rings. The van der Waals surface area contributed by atoms with Gasteiger partial charge in [0.2, 0.25) is 5.91 Å². The standard InChI is InChI=1S/C22H19F4N3O5/c23-14-5-7-15(8-6-14)29(12-10-19(27)31)20(32)13-34-21(33)16-3-1-2-4-17(16)28-11-9-18(30)22(24,25)26/h1-9,11,28H,10,12-13H2,(H2,27,31)/b11-9+. The molecule has 0 aromatic heterocycles. The first kappa shape index (κ1) is 26.0. The molecule has 3 N–H and O–H groups in total. The van der Waals surface area contributed by atoms with Crippen molar-refractivity contribution in [2.45, 2.75) is 12.6 Å². The molecule has 0 bridgehead atoms. The molecule has 2 aromatic carbocycles. The highest BCUT2D eigenvalue weighted by molar-refractivity contribution is 6.00. The van der Waals surface area contributed by atoms with Gasteiger partial charge >= 0.3 is 12.1 Å². The summed E-state index contributed by atoms with van der Waals surface area (Å²) in [5.41, 5.74) is 5.27. The Morgan fingerprint density at radius 1 is 1.03 bits per heavy atom. The van der Waals surface area contributed by atoms with Crippen LogP contribution in [0, 0.1) is 5.82 Å². The molecule has 8 nitrogen and oxygen atoms in total. The molecule has 0 unspecified atom stereocenters. The molecule has 0 saturated heterocycles. The number of nitrogens with one attached hydrogen (secondary N) is 1. The van der Waals surface area contributed by atoms with E-state index < -0.39 is 42.2 Å². The summed E-state index contributed by atoms with van der Waals surface area (Å²) in [5, 5.41) is 2.39. The lowest BCUT2D eigenvalue weighted by molar-refractivity contribution is -0.165. The lowest BCUT2D eigenvalue weighted by atomic mass is 10.2. The molecule has 0 aliphatic rings. The van der Waals surface area contributed by atoms with Gasteiger partial charge in [-0.15, -0.1) is 0 Å². The van der Waals surface area contributed by atoms with Crippen molar-refractivity contribution in [2.24, 2.45) is 5.73 Å². The third-order valence-electron chi connectivity index (χ3n) is 4.25. The average Bonchev–Trinajstić information content (AvgIpc) is 2.78. The highest BCUT2D eigenvalue weighted by atomic mass is 19.4. The van der Waals surface area contributed by atoms with Gasteiger partial charge in [-0.3, -0.25) is 14.4 Å². The molecule has 0 radical (unpaired) electrons. The molecule has 0 atom stereocenters. The second kappa shape index (κ2) is 11.6. The van der Waals surface area contributed by atoms with Gasteiger partial charge in [-0.2, -0.15) is 13.2 Å². The Morgan fingerprint density at radius 2 is 1.68 bits per heavy atom. The summed E-state index contributed by atoms with van der Waals surface area (Å²) in [4.78, 5) is 48.2. The predicted octanol–water partition coefficient (Wildman–Crippen LogP) is 2.95. The molecule has 0 spiro atoms. The number of alkyl halides is 3. The van der Waals surface area contributed by atoms with Gasteiger partial charge in [0.15, 0.2) is 6.61 Å². The number of ketones is 1. The van der Waals surface area contributed by atoms with Crippen LogP contribution in [0.2, 0.25) is 0 Å². The summed E-state index contributed by atoms with van der Waals surface area (Å²) >= 11 is 0. The summed E-state index contributed by atoms with van der Waals surface area (Å²) in [6, 6.07) is 10.4. The lowest BCUT2D eigenvalue weighted by Gasteiger charge is -2.22. The minimum Gasteiger partial charge on any atom is -0.452 e. The molecule has 0 heterocycles. The van der Waals surface area contributed by atoms with E-state index in [0.717, 1.165) is 17.0 Å². The normalized spacial score (nSPS) is 11.2. The number of rotatable bonds is 10. The van der Waals surface area contributed by atoms with Crippen LogP contribution in [0.4, 0.5) is 28.9 Å². The van der Waals surface area contributed by atoms with Crippen molar-refractivity contribution in [3.05, 3.63) is 72.2 Å². The number of hydrogen-bond acceptors (Lipinski definition) is 6. The number of hydrogen-bond donors (Lipinski definition) is 2. The lowest BCUT2D eigenvalue weighted by Crippen LogP contribution is -2.37. The number of nitrogens with two attached hydrogens (primary N) is 1. The maximum atomic E-state index is 13.2. The van der Waals surface area contributed by atoms with E-state index in [1.54, 1.807) is 0 Å². The number of ether oxygens (including phenoxy) is 1. The molecular weight excluding hydrogens is 462 g/mol. The number of halogens is 4. The van der Waals surface area contributed by atoms with Crippen molar-refractivity contribution in [3.63, 3.8) is 0 Å². The molecular formula is C22H19F4N3O5. The van der Waals surface area contributed by atoms with Crippen LogP contribution in [0.15, 0.2) is 60.8 Å². The van der Waals surface area contributed by atoms with E-state index in [1.165, 1.54) is 36.4 Å².